The van der Waals surface area contributed by atoms with Crippen molar-refractivity contribution in [2.75, 3.05) is 33.2 Å². The molecule has 1 aliphatic heterocycles. The van der Waals surface area contributed by atoms with Crippen molar-refractivity contribution < 1.29 is 4.79 Å². The van der Waals surface area contributed by atoms with E-state index < -0.39 is 0 Å². The predicted octanol–water partition coefficient (Wildman–Crippen LogP) is 3.43. The van der Waals surface area contributed by atoms with Crippen LogP contribution in [0.5, 0.6) is 0 Å². The Balaban J connectivity index is 1.68. The lowest BCUT2D eigenvalue weighted by molar-refractivity contribution is 0.0769. The molecule has 0 saturated carbocycles. The third-order valence-electron chi connectivity index (χ3n) is 5.22. The SMILES string of the molecule is Cc1ccc2cc(C(=O)N(C)CCN3CCCCCC3)n(C)c2c1. The van der Waals surface area contributed by atoms with Crippen molar-refractivity contribution >= 4 is 16.8 Å². The molecule has 1 amide bonds. The molecular formula is C20H29N3O. The third-order valence-corrected chi connectivity index (χ3v) is 5.22. The van der Waals surface area contributed by atoms with Crippen LogP contribution >= 0.6 is 0 Å². The molecule has 0 radical (unpaired) electrons. The van der Waals surface area contributed by atoms with E-state index in [0.29, 0.717) is 0 Å². The number of nitrogens with zero attached hydrogens (tertiary/aromatic N) is 3. The summed E-state index contributed by atoms with van der Waals surface area (Å²) in [5, 5.41) is 1.13. The first-order valence-electron chi connectivity index (χ1n) is 9.10. The second-order valence-electron chi connectivity index (χ2n) is 7.13. The van der Waals surface area contributed by atoms with Gasteiger partial charge >= 0.3 is 0 Å². The molecule has 1 aromatic heterocycles. The number of likely N-dealkylation sites (N-methyl/N-ethyl adjacent to an activating group) is 1. The topological polar surface area (TPSA) is 28.5 Å². The Hall–Kier alpha value is -1.81. The second-order valence-corrected chi connectivity index (χ2v) is 7.13. The molecule has 1 aliphatic rings. The van der Waals surface area contributed by atoms with Crippen molar-refractivity contribution in [3.05, 3.63) is 35.5 Å². The zero-order chi connectivity index (χ0) is 17.1. The molecule has 130 valence electrons. The summed E-state index contributed by atoms with van der Waals surface area (Å²) in [4.78, 5) is 17.2. The van der Waals surface area contributed by atoms with Gasteiger partial charge in [-0.25, -0.2) is 0 Å². The number of aromatic nitrogens is 1. The maximum Gasteiger partial charge on any atom is 0.270 e. The highest BCUT2D eigenvalue weighted by Gasteiger charge is 2.18. The zero-order valence-corrected chi connectivity index (χ0v) is 15.2. The molecule has 0 N–H and O–H groups in total. The lowest BCUT2D eigenvalue weighted by atomic mass is 10.2. The van der Waals surface area contributed by atoms with Crippen molar-refractivity contribution in [3.63, 3.8) is 0 Å². The van der Waals surface area contributed by atoms with Gasteiger partial charge in [-0.3, -0.25) is 4.79 Å². The van der Waals surface area contributed by atoms with Crippen molar-refractivity contribution in [1.29, 1.82) is 0 Å². The maximum atomic E-state index is 12.8. The number of amides is 1. The van der Waals surface area contributed by atoms with E-state index in [0.717, 1.165) is 29.7 Å². The largest absolute Gasteiger partial charge is 0.340 e. The highest BCUT2D eigenvalue weighted by molar-refractivity contribution is 5.98. The molecule has 0 bridgehead atoms. The Morgan fingerprint density at radius 2 is 1.83 bits per heavy atom. The van der Waals surface area contributed by atoms with Gasteiger partial charge in [-0.1, -0.05) is 25.0 Å². The number of hydrogen-bond acceptors (Lipinski definition) is 2. The van der Waals surface area contributed by atoms with Crippen LogP contribution in [0, 0.1) is 6.92 Å². The zero-order valence-electron chi connectivity index (χ0n) is 15.2. The number of aryl methyl sites for hydroxylation is 2. The first-order valence-corrected chi connectivity index (χ1v) is 9.10. The summed E-state index contributed by atoms with van der Waals surface area (Å²) in [6, 6.07) is 8.35. The number of carbonyl (C=O) groups is 1. The summed E-state index contributed by atoms with van der Waals surface area (Å²) in [6.07, 6.45) is 5.28. The molecule has 1 aromatic carbocycles. The molecule has 2 heterocycles. The van der Waals surface area contributed by atoms with Gasteiger partial charge in [-0.15, -0.1) is 0 Å². The highest BCUT2D eigenvalue weighted by Crippen LogP contribution is 2.21. The quantitative estimate of drug-likeness (QED) is 0.861. The monoisotopic (exact) mass is 327 g/mol. The van der Waals surface area contributed by atoms with Crippen LogP contribution in [0.25, 0.3) is 10.9 Å². The van der Waals surface area contributed by atoms with Crippen LogP contribution < -0.4 is 0 Å². The fraction of sp³-hybridized carbons (Fsp3) is 0.550. The average Bonchev–Trinajstić information content (AvgIpc) is 2.77. The van der Waals surface area contributed by atoms with Crippen molar-refractivity contribution in [2.24, 2.45) is 7.05 Å². The Labute approximate surface area is 145 Å². The third kappa shape index (κ3) is 3.64. The molecule has 3 rings (SSSR count). The lowest BCUT2D eigenvalue weighted by Crippen LogP contribution is -2.37. The van der Waals surface area contributed by atoms with E-state index in [1.165, 1.54) is 44.3 Å². The number of hydrogen-bond donors (Lipinski definition) is 0. The van der Waals surface area contributed by atoms with Crippen molar-refractivity contribution in [2.45, 2.75) is 32.6 Å². The van der Waals surface area contributed by atoms with Crippen LogP contribution in [0.4, 0.5) is 0 Å². The average molecular weight is 327 g/mol. The molecule has 24 heavy (non-hydrogen) atoms. The van der Waals surface area contributed by atoms with Crippen LogP contribution in [0.1, 0.15) is 41.7 Å². The van der Waals surface area contributed by atoms with Gasteiger partial charge in [-0.2, -0.15) is 0 Å². The van der Waals surface area contributed by atoms with Gasteiger partial charge in [0.1, 0.15) is 5.69 Å². The molecule has 0 atom stereocenters. The van der Waals surface area contributed by atoms with E-state index in [-0.39, 0.29) is 5.91 Å². The molecule has 0 aliphatic carbocycles. The number of benzene rings is 1. The van der Waals surface area contributed by atoms with Crippen molar-refractivity contribution in [1.82, 2.24) is 14.4 Å². The summed E-state index contributed by atoms with van der Waals surface area (Å²) >= 11 is 0. The number of carbonyl (C=O) groups excluding carboxylic acids is 1. The normalized spacial score (nSPS) is 16.3. The van der Waals surface area contributed by atoms with Gasteiger partial charge in [0, 0.05) is 38.1 Å². The van der Waals surface area contributed by atoms with E-state index in [9.17, 15) is 4.79 Å². The minimum Gasteiger partial charge on any atom is -0.340 e. The van der Waals surface area contributed by atoms with Gasteiger partial charge in [0.25, 0.3) is 5.91 Å². The number of fused-ring (bicyclic) bond motifs is 1. The Morgan fingerprint density at radius 1 is 1.12 bits per heavy atom. The summed E-state index contributed by atoms with van der Waals surface area (Å²) in [6.45, 7) is 6.20. The molecule has 0 spiro atoms. The summed E-state index contributed by atoms with van der Waals surface area (Å²) in [7, 11) is 3.90. The number of rotatable bonds is 4. The fourth-order valence-electron chi connectivity index (χ4n) is 3.59. The summed E-state index contributed by atoms with van der Waals surface area (Å²) in [5.74, 6) is 0.112. The number of likely N-dealkylation sites (tertiary alicyclic amines) is 1. The van der Waals surface area contributed by atoms with Gasteiger partial charge in [0.05, 0.1) is 0 Å². The van der Waals surface area contributed by atoms with E-state index in [1.54, 1.807) is 0 Å². The smallest absolute Gasteiger partial charge is 0.270 e. The van der Waals surface area contributed by atoms with Gasteiger partial charge in [-0.05, 0) is 50.6 Å². The van der Waals surface area contributed by atoms with Crippen LogP contribution in [0.2, 0.25) is 0 Å². The van der Waals surface area contributed by atoms with Crippen LogP contribution in [-0.2, 0) is 7.05 Å². The van der Waals surface area contributed by atoms with E-state index in [2.05, 4.69) is 30.0 Å². The highest BCUT2D eigenvalue weighted by atomic mass is 16.2. The molecule has 4 nitrogen and oxygen atoms in total. The molecule has 4 heteroatoms. The minimum absolute atomic E-state index is 0.112. The standard InChI is InChI=1S/C20H29N3O/c1-16-8-9-17-15-19(22(3)18(17)14-16)20(24)21(2)12-13-23-10-6-4-5-7-11-23/h8-9,14-15H,4-7,10-13H2,1-3H3. The summed E-state index contributed by atoms with van der Waals surface area (Å²) in [5.41, 5.74) is 3.12. The fourth-order valence-corrected chi connectivity index (χ4v) is 3.59. The van der Waals surface area contributed by atoms with Crippen LogP contribution in [0.15, 0.2) is 24.3 Å². The van der Waals surface area contributed by atoms with E-state index in [1.807, 2.05) is 29.6 Å². The van der Waals surface area contributed by atoms with Gasteiger partial charge in [0.15, 0.2) is 0 Å². The van der Waals surface area contributed by atoms with E-state index >= 15 is 0 Å². The van der Waals surface area contributed by atoms with Crippen molar-refractivity contribution in [3.8, 4) is 0 Å². The second kappa shape index (κ2) is 7.39. The molecule has 1 saturated heterocycles. The predicted molar refractivity (Wildman–Crippen MR) is 99.5 cm³/mol. The van der Waals surface area contributed by atoms with E-state index in [4.69, 9.17) is 0 Å². The molecule has 1 fully saturated rings. The molecule has 2 aromatic rings. The Kier molecular flexibility index (Phi) is 5.24. The Bertz CT molecular complexity index is 711. The van der Waals surface area contributed by atoms with Crippen LogP contribution in [0.3, 0.4) is 0 Å². The maximum absolute atomic E-state index is 12.8. The molecule has 0 unspecified atom stereocenters. The first-order chi connectivity index (χ1) is 11.6. The minimum atomic E-state index is 0.112. The van der Waals surface area contributed by atoms with Crippen LogP contribution in [-0.4, -0.2) is 53.5 Å². The Morgan fingerprint density at radius 3 is 2.54 bits per heavy atom. The molecular weight excluding hydrogens is 298 g/mol. The summed E-state index contributed by atoms with van der Waals surface area (Å²) < 4.78 is 2.02. The first kappa shape index (κ1) is 17.0. The lowest BCUT2D eigenvalue weighted by Gasteiger charge is -2.24. The van der Waals surface area contributed by atoms with Gasteiger partial charge < -0.3 is 14.4 Å². The van der Waals surface area contributed by atoms with Gasteiger partial charge in [0.2, 0.25) is 0 Å².